The molecule has 0 radical (unpaired) electrons. The molecule has 1 heterocycles. The van der Waals surface area contributed by atoms with Crippen molar-refractivity contribution >= 4 is 37.3 Å². The molecule has 0 saturated carbocycles. The number of hydrogen-bond acceptors (Lipinski definition) is 4. The van der Waals surface area contributed by atoms with Gasteiger partial charge in [-0.1, -0.05) is 39.4 Å². The van der Waals surface area contributed by atoms with Crippen molar-refractivity contribution in [3.8, 4) is 0 Å². The van der Waals surface area contributed by atoms with Gasteiger partial charge < -0.3 is 4.98 Å². The fourth-order valence-corrected chi connectivity index (χ4v) is 4.57. The highest BCUT2D eigenvalue weighted by atomic mass is 79.9. The minimum atomic E-state index is -3.70. The van der Waals surface area contributed by atoms with E-state index in [1.54, 1.807) is 13.8 Å². The van der Waals surface area contributed by atoms with Crippen molar-refractivity contribution in [3.05, 3.63) is 49.7 Å². The summed E-state index contributed by atoms with van der Waals surface area (Å²) in [6.45, 7) is 3.32. The van der Waals surface area contributed by atoms with Gasteiger partial charge >= 0.3 is 4.87 Å². The van der Waals surface area contributed by atoms with Crippen molar-refractivity contribution in [1.82, 2.24) is 9.71 Å². The quantitative estimate of drug-likeness (QED) is 0.860. The molecular formula is C12H13BrN2O3S2. The monoisotopic (exact) mass is 376 g/mol. The van der Waals surface area contributed by atoms with E-state index in [2.05, 4.69) is 25.6 Å². The molecule has 0 spiro atoms. The Hall–Kier alpha value is -0.960. The molecule has 1 unspecified atom stereocenters. The van der Waals surface area contributed by atoms with E-state index in [4.69, 9.17) is 0 Å². The minimum absolute atomic E-state index is 0.0338. The average molecular weight is 377 g/mol. The van der Waals surface area contributed by atoms with E-state index in [1.807, 2.05) is 24.3 Å². The Morgan fingerprint density at radius 3 is 2.40 bits per heavy atom. The van der Waals surface area contributed by atoms with Crippen LogP contribution in [0.1, 0.15) is 24.2 Å². The molecule has 0 amide bonds. The number of nitrogens with one attached hydrogen (secondary N) is 2. The summed E-state index contributed by atoms with van der Waals surface area (Å²) in [5.74, 6) is 0. The summed E-state index contributed by atoms with van der Waals surface area (Å²) in [6, 6.07) is 6.98. The number of H-pyrrole nitrogens is 1. The fourth-order valence-electron chi connectivity index (χ4n) is 1.75. The SMILES string of the molecule is Cc1[nH]c(=O)sc1S(=O)(=O)NC(C)c1ccc(Br)cc1. The molecule has 1 aromatic heterocycles. The smallest absolute Gasteiger partial charge is 0.305 e. The predicted octanol–water partition coefficient (Wildman–Crippen LogP) is 2.55. The molecule has 8 heteroatoms. The Kier molecular flexibility index (Phi) is 4.48. The highest BCUT2D eigenvalue weighted by Crippen LogP contribution is 2.21. The minimum Gasteiger partial charge on any atom is -0.315 e. The fraction of sp³-hybridized carbons (Fsp3) is 0.250. The summed E-state index contributed by atoms with van der Waals surface area (Å²) < 4.78 is 28.0. The van der Waals surface area contributed by atoms with Crippen molar-refractivity contribution in [2.75, 3.05) is 0 Å². The predicted molar refractivity (Wildman–Crippen MR) is 82.6 cm³/mol. The van der Waals surface area contributed by atoms with Crippen LogP contribution < -0.4 is 9.60 Å². The second-order valence-corrected chi connectivity index (χ2v) is 8.13. The van der Waals surface area contributed by atoms with Gasteiger partial charge in [-0.25, -0.2) is 13.1 Å². The first-order chi connectivity index (χ1) is 9.29. The van der Waals surface area contributed by atoms with Gasteiger partial charge in [0.15, 0.2) is 4.21 Å². The zero-order valence-electron chi connectivity index (χ0n) is 10.8. The summed E-state index contributed by atoms with van der Waals surface area (Å²) in [7, 11) is -3.70. The van der Waals surface area contributed by atoms with Crippen LogP contribution in [0.2, 0.25) is 0 Å². The zero-order chi connectivity index (χ0) is 14.9. The number of aromatic amines is 1. The van der Waals surface area contributed by atoms with Gasteiger partial charge in [-0.3, -0.25) is 4.79 Å². The highest BCUT2D eigenvalue weighted by Gasteiger charge is 2.23. The van der Waals surface area contributed by atoms with E-state index in [1.165, 1.54) is 0 Å². The summed E-state index contributed by atoms with van der Waals surface area (Å²) >= 11 is 4.02. The molecule has 0 fully saturated rings. The van der Waals surface area contributed by atoms with Gasteiger partial charge in [-0.2, -0.15) is 0 Å². The maximum absolute atomic E-state index is 12.2. The van der Waals surface area contributed by atoms with Crippen molar-refractivity contribution in [2.24, 2.45) is 0 Å². The lowest BCUT2D eigenvalue weighted by Gasteiger charge is -2.14. The standard InChI is InChI=1S/C12H13BrN2O3S2/c1-7(9-3-5-10(13)6-4-9)15-20(17,18)11-8(2)14-12(16)19-11/h3-7,15H,1-2H3,(H,14,16). The molecule has 0 saturated heterocycles. The summed E-state index contributed by atoms with van der Waals surface area (Å²) in [5.41, 5.74) is 1.20. The first-order valence-corrected chi connectivity index (χ1v) is 8.86. The Balaban J connectivity index is 2.26. The van der Waals surface area contributed by atoms with E-state index in [-0.39, 0.29) is 15.1 Å². The zero-order valence-corrected chi connectivity index (χ0v) is 14.0. The third-order valence-corrected chi connectivity index (χ3v) is 6.40. The number of thiazole rings is 1. The molecule has 108 valence electrons. The van der Waals surface area contributed by atoms with E-state index in [0.29, 0.717) is 17.0 Å². The van der Waals surface area contributed by atoms with Gasteiger partial charge in [0.2, 0.25) is 0 Å². The molecule has 5 nitrogen and oxygen atoms in total. The molecule has 0 aliphatic heterocycles. The second kappa shape index (κ2) is 5.80. The maximum atomic E-state index is 12.2. The summed E-state index contributed by atoms with van der Waals surface area (Å²) in [6.07, 6.45) is 0. The lowest BCUT2D eigenvalue weighted by atomic mass is 10.1. The van der Waals surface area contributed by atoms with Crippen molar-refractivity contribution in [1.29, 1.82) is 0 Å². The molecule has 2 N–H and O–H groups in total. The van der Waals surface area contributed by atoms with Crippen LogP contribution >= 0.6 is 27.3 Å². The van der Waals surface area contributed by atoms with Crippen LogP contribution in [0.5, 0.6) is 0 Å². The third kappa shape index (κ3) is 3.38. The molecule has 2 aromatic rings. The topological polar surface area (TPSA) is 79.0 Å². The molecule has 0 aliphatic rings. The van der Waals surface area contributed by atoms with Gasteiger partial charge in [0.05, 0.1) is 0 Å². The van der Waals surface area contributed by atoms with Gasteiger partial charge in [0.25, 0.3) is 10.0 Å². The largest absolute Gasteiger partial charge is 0.315 e. The number of aryl methyl sites for hydroxylation is 1. The molecule has 0 aliphatic carbocycles. The van der Waals surface area contributed by atoms with Gasteiger partial charge in [0.1, 0.15) is 0 Å². The normalized spacial score (nSPS) is 13.3. The lowest BCUT2D eigenvalue weighted by molar-refractivity contribution is 0.568. The Morgan fingerprint density at radius 2 is 1.90 bits per heavy atom. The Morgan fingerprint density at radius 1 is 1.30 bits per heavy atom. The van der Waals surface area contributed by atoms with Gasteiger partial charge in [-0.15, -0.1) is 0 Å². The molecular weight excluding hydrogens is 364 g/mol. The lowest BCUT2D eigenvalue weighted by Crippen LogP contribution is -2.26. The average Bonchev–Trinajstić information content (AvgIpc) is 2.69. The molecule has 2 rings (SSSR count). The summed E-state index contributed by atoms with van der Waals surface area (Å²) in [4.78, 5) is 13.3. The number of benzene rings is 1. The van der Waals surface area contributed by atoms with Crippen LogP contribution in [0.15, 0.2) is 37.7 Å². The Labute approximate surface area is 129 Å². The summed E-state index contributed by atoms with van der Waals surface area (Å²) in [5, 5.41) is 0. The Bertz CT molecular complexity index is 763. The molecule has 0 bridgehead atoms. The highest BCUT2D eigenvalue weighted by molar-refractivity contribution is 9.10. The van der Waals surface area contributed by atoms with Crippen LogP contribution in [0.4, 0.5) is 0 Å². The number of sulfonamides is 1. The van der Waals surface area contributed by atoms with Crippen LogP contribution in [-0.4, -0.2) is 13.4 Å². The van der Waals surface area contributed by atoms with Crippen molar-refractivity contribution in [3.63, 3.8) is 0 Å². The van der Waals surface area contributed by atoms with E-state index < -0.39 is 10.0 Å². The van der Waals surface area contributed by atoms with E-state index >= 15 is 0 Å². The number of hydrogen-bond donors (Lipinski definition) is 2. The van der Waals surface area contributed by atoms with Crippen LogP contribution in [0, 0.1) is 6.92 Å². The van der Waals surface area contributed by atoms with Crippen LogP contribution in [-0.2, 0) is 10.0 Å². The molecule has 1 aromatic carbocycles. The van der Waals surface area contributed by atoms with Crippen molar-refractivity contribution in [2.45, 2.75) is 24.1 Å². The van der Waals surface area contributed by atoms with Crippen LogP contribution in [0.3, 0.4) is 0 Å². The number of aromatic nitrogens is 1. The molecule has 20 heavy (non-hydrogen) atoms. The number of halogens is 1. The van der Waals surface area contributed by atoms with Crippen LogP contribution in [0.25, 0.3) is 0 Å². The first kappa shape index (κ1) is 15.4. The first-order valence-electron chi connectivity index (χ1n) is 5.77. The van der Waals surface area contributed by atoms with Gasteiger partial charge in [0, 0.05) is 16.2 Å². The van der Waals surface area contributed by atoms with E-state index in [0.717, 1.165) is 10.0 Å². The number of rotatable bonds is 4. The van der Waals surface area contributed by atoms with E-state index in [9.17, 15) is 13.2 Å². The van der Waals surface area contributed by atoms with Crippen molar-refractivity contribution < 1.29 is 8.42 Å². The van der Waals surface area contributed by atoms with Gasteiger partial charge in [-0.05, 0) is 31.5 Å². The maximum Gasteiger partial charge on any atom is 0.305 e. The third-order valence-electron chi connectivity index (χ3n) is 2.73. The second-order valence-electron chi connectivity index (χ2n) is 4.32. The molecule has 1 atom stereocenters.